The van der Waals surface area contributed by atoms with Crippen LogP contribution in [-0.4, -0.2) is 23.1 Å². The Morgan fingerprint density at radius 3 is 1.29 bits per heavy atom. The number of ether oxygens (including phenoxy) is 2. The predicted molar refractivity (Wildman–Crippen MR) is 136 cm³/mol. The molecule has 2 heterocycles. The van der Waals surface area contributed by atoms with Gasteiger partial charge in [0.1, 0.15) is 11.5 Å². The molecule has 7 rings (SSSR count). The molecule has 2 aromatic rings. The molecule has 0 aromatic heterocycles. The second-order valence-electron chi connectivity index (χ2n) is 10.3. The van der Waals surface area contributed by atoms with E-state index in [2.05, 4.69) is 0 Å². The number of allylic oxidation sites excluding steroid dienone is 6. The predicted octanol–water partition coefficient (Wildman–Crippen LogP) is 5.29. The fourth-order valence-electron chi connectivity index (χ4n) is 6.44. The molecule has 0 radical (unpaired) electrons. The molecule has 38 heavy (non-hydrogen) atoms. The molecule has 6 heteroatoms. The van der Waals surface area contributed by atoms with Gasteiger partial charge in [-0.25, -0.2) is 0 Å². The van der Waals surface area contributed by atoms with Crippen LogP contribution >= 0.6 is 0 Å². The van der Waals surface area contributed by atoms with Crippen molar-refractivity contribution < 1.29 is 28.7 Å². The van der Waals surface area contributed by atoms with E-state index < -0.39 is 23.4 Å². The Morgan fingerprint density at radius 2 is 0.895 bits per heavy atom. The van der Waals surface area contributed by atoms with Gasteiger partial charge in [-0.05, 0) is 24.0 Å². The summed E-state index contributed by atoms with van der Waals surface area (Å²) in [6.07, 6.45) is 3.02. The Hall–Kier alpha value is -4.32. The highest BCUT2D eigenvalue weighted by atomic mass is 16.5. The Kier molecular flexibility index (Phi) is 5.18. The second-order valence-corrected chi connectivity index (χ2v) is 10.3. The molecule has 188 valence electrons. The summed E-state index contributed by atoms with van der Waals surface area (Å²) in [6.45, 7) is 0. The Morgan fingerprint density at radius 1 is 0.500 bits per heavy atom. The van der Waals surface area contributed by atoms with Crippen molar-refractivity contribution in [1.29, 1.82) is 0 Å². The van der Waals surface area contributed by atoms with Crippen LogP contribution in [0.3, 0.4) is 0 Å². The van der Waals surface area contributed by atoms with Gasteiger partial charge >= 0.3 is 0 Å². The summed E-state index contributed by atoms with van der Waals surface area (Å²) in [5, 5.41) is 0. The molecule has 0 N–H and O–H groups in total. The van der Waals surface area contributed by atoms with Gasteiger partial charge in [-0.2, -0.15) is 0 Å². The first-order valence-corrected chi connectivity index (χ1v) is 13.1. The smallest absolute Gasteiger partial charge is 0.229 e. The number of ketones is 4. The van der Waals surface area contributed by atoms with E-state index in [1.807, 2.05) is 60.7 Å². The van der Waals surface area contributed by atoms with E-state index in [1.54, 1.807) is 0 Å². The molecule has 5 aliphatic rings. The maximum atomic E-state index is 14.3. The van der Waals surface area contributed by atoms with Crippen LogP contribution in [0.25, 0.3) is 0 Å². The molecular weight excluding hydrogens is 480 g/mol. The largest absolute Gasteiger partial charge is 0.457 e. The number of hydrogen-bond acceptors (Lipinski definition) is 6. The lowest BCUT2D eigenvalue weighted by Crippen LogP contribution is -2.39. The van der Waals surface area contributed by atoms with Crippen LogP contribution in [0, 0.1) is 0 Å². The summed E-state index contributed by atoms with van der Waals surface area (Å²) < 4.78 is 12.3. The zero-order chi connectivity index (χ0) is 26.0. The van der Waals surface area contributed by atoms with E-state index in [1.165, 1.54) is 0 Å². The minimum atomic E-state index is -0.713. The van der Waals surface area contributed by atoms with Gasteiger partial charge in [0.05, 0.1) is 11.1 Å². The van der Waals surface area contributed by atoms with Crippen LogP contribution in [0.5, 0.6) is 0 Å². The lowest BCUT2D eigenvalue weighted by Gasteiger charge is -2.40. The van der Waals surface area contributed by atoms with Crippen molar-refractivity contribution in [2.45, 2.75) is 50.4 Å². The highest BCUT2D eigenvalue weighted by molar-refractivity contribution is 6.27. The average molecular weight is 505 g/mol. The molecule has 2 atom stereocenters. The third-order valence-corrected chi connectivity index (χ3v) is 8.08. The Bertz CT molecular complexity index is 1450. The van der Waals surface area contributed by atoms with Crippen molar-refractivity contribution in [3.05, 3.63) is 117 Å². The van der Waals surface area contributed by atoms with Crippen molar-refractivity contribution in [1.82, 2.24) is 0 Å². The first kappa shape index (κ1) is 22.8. The number of benzene rings is 2. The van der Waals surface area contributed by atoms with Crippen molar-refractivity contribution >= 4 is 23.1 Å². The van der Waals surface area contributed by atoms with E-state index in [0.717, 1.165) is 11.1 Å². The van der Waals surface area contributed by atoms with Gasteiger partial charge in [-0.3, -0.25) is 19.2 Å². The minimum Gasteiger partial charge on any atom is -0.457 e. The third kappa shape index (κ3) is 3.26. The van der Waals surface area contributed by atoms with Crippen molar-refractivity contribution in [2.75, 3.05) is 0 Å². The minimum absolute atomic E-state index is 0.0482. The number of rotatable bonds is 2. The van der Waals surface area contributed by atoms with E-state index in [9.17, 15) is 19.2 Å². The van der Waals surface area contributed by atoms with E-state index in [-0.39, 0.29) is 34.2 Å². The fraction of sp³-hybridized carbons (Fsp3) is 0.250. The molecule has 0 spiro atoms. The van der Waals surface area contributed by atoms with Crippen LogP contribution < -0.4 is 0 Å². The summed E-state index contributed by atoms with van der Waals surface area (Å²) in [5.41, 5.74) is 2.70. The molecule has 0 saturated carbocycles. The summed E-state index contributed by atoms with van der Waals surface area (Å²) >= 11 is 0. The molecule has 0 saturated heterocycles. The fourth-order valence-corrected chi connectivity index (χ4v) is 6.44. The van der Waals surface area contributed by atoms with Gasteiger partial charge in [0, 0.05) is 48.7 Å². The lowest BCUT2D eigenvalue weighted by atomic mass is 9.69. The van der Waals surface area contributed by atoms with Gasteiger partial charge in [0.25, 0.3) is 0 Å². The summed E-state index contributed by atoms with van der Waals surface area (Å²) in [7, 11) is 0. The Labute approximate surface area is 219 Å². The summed E-state index contributed by atoms with van der Waals surface area (Å²) in [6, 6.07) is 18.6. The number of carbonyl (C=O) groups is 4. The molecule has 2 aromatic carbocycles. The van der Waals surface area contributed by atoms with Gasteiger partial charge in [0.2, 0.25) is 11.6 Å². The summed E-state index contributed by atoms with van der Waals surface area (Å²) in [4.78, 5) is 55.0. The highest BCUT2D eigenvalue weighted by Gasteiger charge is 2.52. The number of carbonyl (C=O) groups excluding carboxylic acids is 4. The molecule has 3 aliphatic carbocycles. The highest BCUT2D eigenvalue weighted by Crippen LogP contribution is 2.53. The normalized spacial score (nSPS) is 24.9. The average Bonchev–Trinajstić information content (AvgIpc) is 2.95. The number of Topliss-reactive ketones (excluding diaryl/α,β-unsaturated/α-hetero) is 4. The molecule has 0 bridgehead atoms. The van der Waals surface area contributed by atoms with E-state index in [0.29, 0.717) is 61.2 Å². The maximum absolute atomic E-state index is 14.3. The molecule has 6 nitrogen and oxygen atoms in total. The maximum Gasteiger partial charge on any atom is 0.229 e. The van der Waals surface area contributed by atoms with Gasteiger partial charge in [-0.15, -0.1) is 0 Å². The van der Waals surface area contributed by atoms with Crippen LogP contribution in [0.4, 0.5) is 0 Å². The van der Waals surface area contributed by atoms with E-state index in [4.69, 9.17) is 9.47 Å². The zero-order valence-electron chi connectivity index (χ0n) is 20.6. The zero-order valence-corrected chi connectivity index (χ0v) is 20.6. The van der Waals surface area contributed by atoms with Crippen LogP contribution in [0.15, 0.2) is 106 Å². The van der Waals surface area contributed by atoms with Gasteiger partial charge < -0.3 is 9.47 Å². The first-order valence-electron chi connectivity index (χ1n) is 13.1. The SMILES string of the molecule is O=C1CCCC2=C1C(c1ccccc1)C1=C(O2)C(=O)C2=C(OC3=C(C(=O)CCC3)C2c2ccccc2)C1=O. The number of hydrogen-bond donors (Lipinski definition) is 0. The quantitative estimate of drug-likeness (QED) is 0.517. The van der Waals surface area contributed by atoms with E-state index >= 15 is 0 Å². The van der Waals surface area contributed by atoms with Crippen molar-refractivity contribution in [2.24, 2.45) is 0 Å². The molecule has 0 amide bonds. The van der Waals surface area contributed by atoms with Crippen LogP contribution in [-0.2, 0) is 28.7 Å². The van der Waals surface area contributed by atoms with Gasteiger partial charge in [-0.1, -0.05) is 60.7 Å². The second kappa shape index (κ2) is 8.62. The summed E-state index contributed by atoms with van der Waals surface area (Å²) in [5.74, 6) is -1.66. The Balaban J connectivity index is 1.43. The topological polar surface area (TPSA) is 86.7 Å². The van der Waals surface area contributed by atoms with Crippen molar-refractivity contribution in [3.8, 4) is 0 Å². The van der Waals surface area contributed by atoms with Crippen LogP contribution in [0.2, 0.25) is 0 Å². The van der Waals surface area contributed by atoms with Gasteiger partial charge in [0.15, 0.2) is 23.1 Å². The molecule has 2 unspecified atom stereocenters. The standard InChI is InChI=1S/C32H24O6/c33-19-13-7-15-21-25(19)23(17-9-3-1-4-10-17)27-29(35)32-28(30(36)31(27)37-21)24(18-11-5-2-6-12-18)26-20(34)14-8-16-22(26)38-32/h1-6,9-12,23-24H,7-8,13-16H2. The molecule has 0 fully saturated rings. The van der Waals surface area contributed by atoms with Crippen molar-refractivity contribution in [3.63, 3.8) is 0 Å². The molecule has 2 aliphatic heterocycles. The first-order chi connectivity index (χ1) is 18.5. The van der Waals surface area contributed by atoms with Crippen LogP contribution in [0.1, 0.15) is 61.5 Å². The molecular formula is C32H24O6. The third-order valence-electron chi connectivity index (χ3n) is 8.08. The monoisotopic (exact) mass is 504 g/mol. The lowest BCUT2D eigenvalue weighted by molar-refractivity contribution is -0.123.